The molecule has 0 amide bonds. The van der Waals surface area contributed by atoms with Crippen LogP contribution in [0.15, 0.2) is 109 Å². The fraction of sp³-hybridized carbons (Fsp3) is 0.250. The summed E-state index contributed by atoms with van der Waals surface area (Å²) in [5.74, 6) is 0.632. The molecule has 0 aliphatic rings. The lowest BCUT2D eigenvalue weighted by Crippen LogP contribution is -2.12. The molecule has 3 aromatic carbocycles. The van der Waals surface area contributed by atoms with Crippen LogP contribution in [-0.4, -0.2) is 43.5 Å². The zero-order valence-corrected chi connectivity index (χ0v) is 25.8. The molecule has 0 aliphatic heterocycles. The number of thioether (sulfide) groups is 1. The highest BCUT2D eigenvalue weighted by Crippen LogP contribution is 2.25. The van der Waals surface area contributed by atoms with Gasteiger partial charge < -0.3 is 18.9 Å². The molecule has 44 heavy (non-hydrogen) atoms. The van der Waals surface area contributed by atoms with Gasteiger partial charge in [-0.1, -0.05) is 55.6 Å². The minimum atomic E-state index is -0.442. The second-order valence-corrected chi connectivity index (χ2v) is 10.8. The maximum absolute atomic E-state index is 12.5. The Kier molecular flexibility index (Phi) is 14.6. The van der Waals surface area contributed by atoms with Crippen molar-refractivity contribution in [2.24, 2.45) is 0 Å². The van der Waals surface area contributed by atoms with Crippen molar-refractivity contribution in [3.05, 3.63) is 109 Å². The fourth-order valence-electron chi connectivity index (χ4n) is 3.85. The number of hydrogen-bond acceptors (Lipinski definition) is 8. The van der Waals surface area contributed by atoms with Gasteiger partial charge in [-0.05, 0) is 104 Å². The Hall–Kier alpha value is -4.56. The lowest BCUT2D eigenvalue weighted by molar-refractivity contribution is -0.140. The molecule has 0 saturated heterocycles. The molecule has 0 atom stereocenters. The predicted molar refractivity (Wildman–Crippen MR) is 175 cm³/mol. The second-order valence-electron chi connectivity index (χ2n) is 9.77. The summed E-state index contributed by atoms with van der Waals surface area (Å²) in [6, 6.07) is 23.2. The van der Waals surface area contributed by atoms with Crippen LogP contribution >= 0.6 is 11.8 Å². The van der Waals surface area contributed by atoms with Crippen molar-refractivity contribution in [3.8, 4) is 22.6 Å². The van der Waals surface area contributed by atoms with Gasteiger partial charge in [0.25, 0.3) is 0 Å². The summed E-state index contributed by atoms with van der Waals surface area (Å²) in [5.41, 5.74) is 3.42. The minimum Gasteiger partial charge on any atom is -0.494 e. The number of esters is 2. The molecule has 0 bridgehead atoms. The van der Waals surface area contributed by atoms with Gasteiger partial charge in [-0.15, -0.1) is 0 Å². The largest absolute Gasteiger partial charge is 0.494 e. The minimum absolute atomic E-state index is 0.0842. The number of benzene rings is 3. The quantitative estimate of drug-likeness (QED) is 0.0620. The van der Waals surface area contributed by atoms with Crippen molar-refractivity contribution in [1.82, 2.24) is 0 Å². The van der Waals surface area contributed by atoms with Gasteiger partial charge in [-0.3, -0.25) is 4.79 Å². The molecule has 0 fully saturated rings. The highest BCUT2D eigenvalue weighted by atomic mass is 32.2. The van der Waals surface area contributed by atoms with Crippen LogP contribution in [0.25, 0.3) is 17.2 Å². The Morgan fingerprint density at radius 2 is 1.27 bits per heavy atom. The lowest BCUT2D eigenvalue weighted by atomic mass is 10.0. The van der Waals surface area contributed by atoms with Crippen LogP contribution in [0.2, 0.25) is 0 Å². The van der Waals surface area contributed by atoms with Crippen molar-refractivity contribution in [2.45, 2.75) is 37.5 Å². The molecule has 0 radical (unpaired) electrons. The standard InChI is InChI=1S/C36H38O7S/c1-4-34(37)42-24-8-6-5-7-23-40-31-16-14-30(15-17-31)29-12-9-28(10-13-29)11-22-35(38)44-33-20-18-32(19-21-33)41-25-26-43-36(39)27(2)3/h4,9-22H,1-2,5-8,23-26H2,3H3/b22-11+. The van der Waals surface area contributed by atoms with E-state index in [1.54, 1.807) is 31.2 Å². The van der Waals surface area contributed by atoms with Crippen LogP contribution in [-0.2, 0) is 23.9 Å². The first kappa shape index (κ1) is 33.9. The van der Waals surface area contributed by atoms with E-state index < -0.39 is 5.97 Å². The Labute approximate surface area is 263 Å². The van der Waals surface area contributed by atoms with E-state index in [9.17, 15) is 14.4 Å². The van der Waals surface area contributed by atoms with E-state index in [2.05, 4.69) is 13.2 Å². The Morgan fingerprint density at radius 3 is 1.89 bits per heavy atom. The summed E-state index contributed by atoms with van der Waals surface area (Å²) in [6.45, 7) is 9.92. The van der Waals surface area contributed by atoms with Gasteiger partial charge in [-0.2, -0.15) is 0 Å². The number of carbonyl (C=O) groups excluding carboxylic acids is 3. The number of rotatable bonds is 18. The van der Waals surface area contributed by atoms with Crippen molar-refractivity contribution >= 4 is 34.9 Å². The van der Waals surface area contributed by atoms with Gasteiger partial charge in [0.2, 0.25) is 5.12 Å². The lowest BCUT2D eigenvalue weighted by Gasteiger charge is -2.08. The van der Waals surface area contributed by atoms with Crippen LogP contribution in [0.4, 0.5) is 0 Å². The van der Waals surface area contributed by atoms with Gasteiger partial charge in [0.05, 0.1) is 13.2 Å². The molecule has 0 N–H and O–H groups in total. The Morgan fingerprint density at radius 1 is 0.705 bits per heavy atom. The Bertz CT molecular complexity index is 1410. The first-order valence-electron chi connectivity index (χ1n) is 14.4. The highest BCUT2D eigenvalue weighted by Gasteiger charge is 2.05. The van der Waals surface area contributed by atoms with Crippen molar-refractivity contribution in [1.29, 1.82) is 0 Å². The third kappa shape index (κ3) is 12.8. The fourth-order valence-corrected chi connectivity index (χ4v) is 4.49. The van der Waals surface area contributed by atoms with E-state index in [0.29, 0.717) is 24.5 Å². The molecular weight excluding hydrogens is 576 g/mol. The van der Waals surface area contributed by atoms with Crippen molar-refractivity contribution < 1.29 is 33.3 Å². The average Bonchev–Trinajstić information content (AvgIpc) is 3.04. The molecule has 0 aromatic heterocycles. The van der Waals surface area contributed by atoms with Gasteiger partial charge in [-0.25, -0.2) is 9.59 Å². The molecule has 230 valence electrons. The topological polar surface area (TPSA) is 88.1 Å². The number of unbranched alkanes of at least 4 members (excludes halogenated alkanes) is 3. The molecular formula is C36H38O7S. The Balaban J connectivity index is 1.36. The first-order valence-corrected chi connectivity index (χ1v) is 15.2. The van der Waals surface area contributed by atoms with E-state index in [1.165, 1.54) is 6.08 Å². The molecule has 0 heterocycles. The zero-order chi connectivity index (χ0) is 31.6. The number of carbonyl (C=O) groups is 3. The zero-order valence-electron chi connectivity index (χ0n) is 25.0. The molecule has 0 unspecified atom stereocenters. The van der Waals surface area contributed by atoms with E-state index in [-0.39, 0.29) is 24.3 Å². The number of hydrogen-bond donors (Lipinski definition) is 0. The number of ether oxygens (including phenoxy) is 4. The molecule has 3 aromatic rings. The van der Waals surface area contributed by atoms with E-state index in [4.69, 9.17) is 18.9 Å². The van der Waals surface area contributed by atoms with E-state index >= 15 is 0 Å². The molecule has 0 aliphatic carbocycles. The normalized spacial score (nSPS) is 10.7. The second kappa shape index (κ2) is 18.9. The molecule has 8 heteroatoms. The van der Waals surface area contributed by atoms with E-state index in [0.717, 1.165) is 64.8 Å². The summed E-state index contributed by atoms with van der Waals surface area (Å²) in [4.78, 5) is 35.6. The monoisotopic (exact) mass is 614 g/mol. The highest BCUT2D eigenvalue weighted by molar-refractivity contribution is 8.14. The van der Waals surface area contributed by atoms with Crippen LogP contribution in [0.1, 0.15) is 38.2 Å². The average molecular weight is 615 g/mol. The van der Waals surface area contributed by atoms with Gasteiger partial charge in [0.1, 0.15) is 24.7 Å². The third-order valence-corrected chi connectivity index (χ3v) is 7.05. The SMILES string of the molecule is C=CC(=O)OCCCCCCOc1ccc(-c2ccc(/C=C/C(=O)Sc3ccc(OCCOC(=O)C(=C)C)cc3)cc2)cc1. The van der Waals surface area contributed by atoms with Crippen LogP contribution in [0.5, 0.6) is 11.5 Å². The van der Waals surface area contributed by atoms with E-state index in [1.807, 2.05) is 60.7 Å². The summed E-state index contributed by atoms with van der Waals surface area (Å²) in [6.07, 6.45) is 8.30. The first-order chi connectivity index (χ1) is 21.3. The molecule has 0 spiro atoms. The predicted octanol–water partition coefficient (Wildman–Crippen LogP) is 7.85. The maximum Gasteiger partial charge on any atom is 0.333 e. The van der Waals surface area contributed by atoms with Crippen LogP contribution in [0, 0.1) is 0 Å². The summed E-state index contributed by atoms with van der Waals surface area (Å²) in [5, 5.41) is -0.0842. The summed E-state index contributed by atoms with van der Waals surface area (Å²) >= 11 is 1.13. The summed E-state index contributed by atoms with van der Waals surface area (Å²) in [7, 11) is 0. The van der Waals surface area contributed by atoms with Crippen LogP contribution < -0.4 is 9.47 Å². The van der Waals surface area contributed by atoms with Gasteiger partial charge >= 0.3 is 11.9 Å². The molecule has 0 saturated carbocycles. The van der Waals surface area contributed by atoms with Crippen molar-refractivity contribution in [3.63, 3.8) is 0 Å². The van der Waals surface area contributed by atoms with Crippen LogP contribution in [0.3, 0.4) is 0 Å². The maximum atomic E-state index is 12.5. The molecule has 3 rings (SSSR count). The molecule has 7 nitrogen and oxygen atoms in total. The van der Waals surface area contributed by atoms with Gasteiger partial charge in [0.15, 0.2) is 0 Å². The van der Waals surface area contributed by atoms with Crippen molar-refractivity contribution in [2.75, 3.05) is 26.4 Å². The third-order valence-electron chi connectivity index (χ3n) is 6.20. The smallest absolute Gasteiger partial charge is 0.333 e. The van der Waals surface area contributed by atoms with Gasteiger partial charge in [0, 0.05) is 16.5 Å². The summed E-state index contributed by atoms with van der Waals surface area (Å²) < 4.78 is 21.4.